The number of nitro groups is 1. The zero-order valence-corrected chi connectivity index (χ0v) is 12.5. The summed E-state index contributed by atoms with van der Waals surface area (Å²) < 4.78 is 0. The van der Waals surface area contributed by atoms with Crippen LogP contribution in [0.4, 0.5) is 17.3 Å². The number of pyridine rings is 2. The molecule has 2 aromatic rings. The summed E-state index contributed by atoms with van der Waals surface area (Å²) in [4.78, 5) is 22.9. The summed E-state index contributed by atoms with van der Waals surface area (Å²) in [6.45, 7) is 3.07. The van der Waals surface area contributed by atoms with Gasteiger partial charge in [0.25, 0.3) is 5.69 Å². The predicted octanol–water partition coefficient (Wildman–Crippen LogP) is 2.36. The highest BCUT2D eigenvalue weighted by atomic mass is 35.5. The van der Waals surface area contributed by atoms with E-state index in [-0.39, 0.29) is 5.69 Å². The first-order chi connectivity index (χ1) is 10.6. The van der Waals surface area contributed by atoms with Gasteiger partial charge in [-0.1, -0.05) is 11.6 Å². The highest BCUT2D eigenvalue weighted by Crippen LogP contribution is 2.24. The zero-order valence-electron chi connectivity index (χ0n) is 11.7. The van der Waals surface area contributed by atoms with Crippen LogP contribution >= 0.6 is 11.6 Å². The molecule has 0 radical (unpaired) electrons. The normalized spacial score (nSPS) is 15.0. The minimum Gasteiger partial charge on any atom is -0.353 e. The van der Waals surface area contributed by atoms with Crippen molar-refractivity contribution < 1.29 is 4.92 Å². The molecule has 0 amide bonds. The van der Waals surface area contributed by atoms with Crippen LogP contribution in [-0.2, 0) is 0 Å². The van der Waals surface area contributed by atoms with Gasteiger partial charge in [0, 0.05) is 38.4 Å². The number of aromatic nitrogens is 2. The van der Waals surface area contributed by atoms with Crippen LogP contribution < -0.4 is 9.80 Å². The number of rotatable bonds is 3. The Hall–Kier alpha value is -2.41. The maximum atomic E-state index is 10.6. The second-order valence-corrected chi connectivity index (χ2v) is 5.32. The molecular weight excluding hydrogens is 306 g/mol. The van der Waals surface area contributed by atoms with Gasteiger partial charge >= 0.3 is 0 Å². The van der Waals surface area contributed by atoms with Gasteiger partial charge in [-0.2, -0.15) is 0 Å². The Morgan fingerprint density at radius 3 is 2.41 bits per heavy atom. The van der Waals surface area contributed by atoms with Crippen molar-refractivity contribution in [3.8, 4) is 0 Å². The van der Waals surface area contributed by atoms with Crippen LogP contribution in [0.1, 0.15) is 0 Å². The summed E-state index contributed by atoms with van der Waals surface area (Å²) in [6, 6.07) is 6.79. The quantitative estimate of drug-likeness (QED) is 0.638. The lowest BCUT2D eigenvalue weighted by Crippen LogP contribution is -2.47. The van der Waals surface area contributed by atoms with Crippen LogP contribution in [0.25, 0.3) is 0 Å². The molecule has 0 aliphatic carbocycles. The molecular formula is C14H14ClN5O2. The molecule has 0 bridgehead atoms. The molecule has 3 heterocycles. The molecule has 22 heavy (non-hydrogen) atoms. The molecule has 3 rings (SSSR count). The van der Waals surface area contributed by atoms with Crippen molar-refractivity contribution in [2.75, 3.05) is 36.0 Å². The van der Waals surface area contributed by atoms with Crippen molar-refractivity contribution in [1.29, 1.82) is 0 Å². The monoisotopic (exact) mass is 319 g/mol. The first-order valence-corrected chi connectivity index (χ1v) is 7.24. The van der Waals surface area contributed by atoms with Gasteiger partial charge in [0.2, 0.25) is 0 Å². The minimum atomic E-state index is -0.447. The average molecular weight is 320 g/mol. The van der Waals surface area contributed by atoms with E-state index in [1.165, 1.54) is 12.3 Å². The number of nitrogens with zero attached hydrogens (tertiary/aromatic N) is 5. The van der Waals surface area contributed by atoms with Crippen LogP contribution in [-0.4, -0.2) is 41.1 Å². The Morgan fingerprint density at radius 1 is 1.09 bits per heavy atom. The summed E-state index contributed by atoms with van der Waals surface area (Å²) in [5, 5.41) is 11.3. The van der Waals surface area contributed by atoms with Gasteiger partial charge in [0.15, 0.2) is 0 Å². The highest BCUT2D eigenvalue weighted by Gasteiger charge is 2.21. The molecule has 1 aliphatic heterocycles. The maximum Gasteiger partial charge on any atom is 0.287 e. The summed E-state index contributed by atoms with van der Waals surface area (Å²) in [6.07, 6.45) is 3.02. The van der Waals surface area contributed by atoms with E-state index in [4.69, 9.17) is 11.6 Å². The third kappa shape index (κ3) is 2.94. The Labute approximate surface area is 132 Å². The Morgan fingerprint density at radius 2 is 1.82 bits per heavy atom. The molecule has 0 unspecified atom stereocenters. The highest BCUT2D eigenvalue weighted by molar-refractivity contribution is 6.32. The van der Waals surface area contributed by atoms with Gasteiger partial charge in [-0.3, -0.25) is 10.1 Å². The smallest absolute Gasteiger partial charge is 0.287 e. The lowest BCUT2D eigenvalue weighted by Gasteiger charge is -2.36. The fraction of sp³-hybridized carbons (Fsp3) is 0.286. The largest absolute Gasteiger partial charge is 0.353 e. The molecule has 7 nitrogen and oxygen atoms in total. The number of hydrogen-bond donors (Lipinski definition) is 0. The lowest BCUT2D eigenvalue weighted by atomic mass is 10.3. The fourth-order valence-corrected chi connectivity index (χ4v) is 2.67. The predicted molar refractivity (Wildman–Crippen MR) is 84.6 cm³/mol. The molecule has 114 valence electrons. The fourth-order valence-electron chi connectivity index (χ4n) is 2.43. The van der Waals surface area contributed by atoms with Crippen LogP contribution in [0.3, 0.4) is 0 Å². The Kier molecular flexibility index (Phi) is 4.06. The van der Waals surface area contributed by atoms with Crippen molar-refractivity contribution in [1.82, 2.24) is 9.97 Å². The number of hydrogen-bond acceptors (Lipinski definition) is 6. The molecule has 8 heteroatoms. The maximum absolute atomic E-state index is 10.6. The summed E-state index contributed by atoms with van der Waals surface area (Å²) in [7, 11) is 0. The van der Waals surface area contributed by atoms with Gasteiger partial charge in [0.1, 0.15) is 17.8 Å². The van der Waals surface area contributed by atoms with E-state index in [1.807, 2.05) is 12.1 Å². The molecule has 0 saturated carbocycles. The third-order valence-corrected chi connectivity index (χ3v) is 3.88. The molecule has 1 fully saturated rings. The van der Waals surface area contributed by atoms with Crippen molar-refractivity contribution in [2.45, 2.75) is 0 Å². The molecule has 2 aromatic heterocycles. The van der Waals surface area contributed by atoms with E-state index in [0.717, 1.165) is 37.8 Å². The summed E-state index contributed by atoms with van der Waals surface area (Å²) in [5.74, 6) is 1.54. The number of piperazine rings is 1. The van der Waals surface area contributed by atoms with E-state index < -0.39 is 4.92 Å². The Balaban J connectivity index is 1.66. The van der Waals surface area contributed by atoms with Gasteiger partial charge < -0.3 is 9.80 Å². The lowest BCUT2D eigenvalue weighted by molar-refractivity contribution is -0.385. The van der Waals surface area contributed by atoms with Gasteiger partial charge in [-0.05, 0) is 18.2 Å². The van der Waals surface area contributed by atoms with Gasteiger partial charge in [0.05, 0.1) is 9.95 Å². The molecule has 0 N–H and O–H groups in total. The first kappa shape index (κ1) is 14.5. The third-order valence-electron chi connectivity index (χ3n) is 3.59. The molecule has 0 aromatic carbocycles. The van der Waals surface area contributed by atoms with Crippen molar-refractivity contribution in [2.24, 2.45) is 0 Å². The van der Waals surface area contributed by atoms with Crippen molar-refractivity contribution in [3.63, 3.8) is 0 Å². The topological polar surface area (TPSA) is 75.4 Å². The van der Waals surface area contributed by atoms with Crippen LogP contribution in [0, 0.1) is 10.1 Å². The van der Waals surface area contributed by atoms with Crippen LogP contribution in [0.5, 0.6) is 0 Å². The summed E-state index contributed by atoms with van der Waals surface area (Å²) in [5.41, 5.74) is 0.00246. The van der Waals surface area contributed by atoms with Crippen LogP contribution in [0.15, 0.2) is 36.7 Å². The SMILES string of the molecule is O=[N+]([O-])c1ccc(N2CCN(c3ncccc3Cl)CC2)nc1. The molecule has 0 spiro atoms. The molecule has 1 saturated heterocycles. The second-order valence-electron chi connectivity index (χ2n) is 4.91. The van der Waals surface area contributed by atoms with E-state index >= 15 is 0 Å². The summed E-state index contributed by atoms with van der Waals surface area (Å²) >= 11 is 6.16. The van der Waals surface area contributed by atoms with Gasteiger partial charge in [-0.15, -0.1) is 0 Å². The minimum absolute atomic E-state index is 0.00246. The first-order valence-electron chi connectivity index (χ1n) is 6.86. The average Bonchev–Trinajstić information content (AvgIpc) is 2.56. The Bertz CT molecular complexity index is 671. The van der Waals surface area contributed by atoms with E-state index in [9.17, 15) is 10.1 Å². The zero-order chi connectivity index (χ0) is 15.5. The standard InChI is InChI=1S/C14H14ClN5O2/c15-12-2-1-5-16-14(12)19-8-6-18(7-9-19)13-4-3-11(10-17-13)20(21)22/h1-5,10H,6-9H2. The van der Waals surface area contributed by atoms with Crippen molar-refractivity contribution in [3.05, 3.63) is 51.8 Å². The second kappa shape index (κ2) is 6.15. The number of halogens is 1. The van der Waals surface area contributed by atoms with Crippen LogP contribution in [0.2, 0.25) is 5.02 Å². The van der Waals surface area contributed by atoms with E-state index in [0.29, 0.717) is 5.02 Å². The molecule has 1 aliphatic rings. The van der Waals surface area contributed by atoms with Crippen molar-refractivity contribution >= 4 is 28.9 Å². The molecule has 0 atom stereocenters. The number of anilines is 2. The van der Waals surface area contributed by atoms with E-state index in [1.54, 1.807) is 12.3 Å². The van der Waals surface area contributed by atoms with E-state index in [2.05, 4.69) is 19.8 Å². The van der Waals surface area contributed by atoms with Gasteiger partial charge in [-0.25, -0.2) is 9.97 Å².